The van der Waals surface area contributed by atoms with E-state index in [9.17, 15) is 0 Å². The SMILES string of the molecule is CCC1CNc2ccc(C#N)cc2C1. The lowest BCUT2D eigenvalue weighted by Gasteiger charge is -2.25. The number of nitriles is 1. The molecule has 1 atom stereocenters. The molecule has 2 heteroatoms. The van der Waals surface area contributed by atoms with Gasteiger partial charge in [-0.15, -0.1) is 0 Å². The minimum absolute atomic E-state index is 0.719. The predicted molar refractivity (Wildman–Crippen MR) is 57.1 cm³/mol. The Labute approximate surface area is 84.6 Å². The first-order valence-electron chi connectivity index (χ1n) is 5.10. The van der Waals surface area contributed by atoms with Crippen LogP contribution in [-0.4, -0.2) is 6.54 Å². The third-order valence-electron chi connectivity index (χ3n) is 2.90. The van der Waals surface area contributed by atoms with Crippen molar-refractivity contribution in [1.82, 2.24) is 0 Å². The van der Waals surface area contributed by atoms with Crippen LogP contribution in [0, 0.1) is 17.2 Å². The van der Waals surface area contributed by atoms with Gasteiger partial charge in [0.15, 0.2) is 0 Å². The van der Waals surface area contributed by atoms with Crippen LogP contribution in [0.15, 0.2) is 18.2 Å². The molecule has 1 aliphatic rings. The smallest absolute Gasteiger partial charge is 0.0991 e. The van der Waals surface area contributed by atoms with Gasteiger partial charge in [-0.2, -0.15) is 5.26 Å². The van der Waals surface area contributed by atoms with E-state index in [1.54, 1.807) is 0 Å². The highest BCUT2D eigenvalue weighted by Gasteiger charge is 2.16. The summed E-state index contributed by atoms with van der Waals surface area (Å²) < 4.78 is 0. The summed E-state index contributed by atoms with van der Waals surface area (Å²) in [7, 11) is 0. The van der Waals surface area contributed by atoms with Gasteiger partial charge in [-0.1, -0.05) is 13.3 Å². The first kappa shape index (κ1) is 9.08. The number of nitrogens with zero attached hydrogens (tertiary/aromatic N) is 1. The van der Waals surface area contributed by atoms with E-state index in [4.69, 9.17) is 5.26 Å². The number of hydrogen-bond acceptors (Lipinski definition) is 2. The average Bonchev–Trinajstić information content (AvgIpc) is 2.27. The van der Waals surface area contributed by atoms with Gasteiger partial charge in [-0.05, 0) is 36.1 Å². The molecule has 1 heterocycles. The molecule has 0 amide bonds. The van der Waals surface area contributed by atoms with Crippen molar-refractivity contribution in [2.24, 2.45) is 5.92 Å². The molecule has 0 fully saturated rings. The first-order valence-corrected chi connectivity index (χ1v) is 5.10. The zero-order chi connectivity index (χ0) is 9.97. The lowest BCUT2D eigenvalue weighted by molar-refractivity contribution is 0.521. The van der Waals surface area contributed by atoms with Crippen molar-refractivity contribution in [3.05, 3.63) is 29.3 Å². The van der Waals surface area contributed by atoms with E-state index in [1.165, 1.54) is 17.7 Å². The van der Waals surface area contributed by atoms with Crippen LogP contribution >= 0.6 is 0 Å². The Kier molecular flexibility index (Phi) is 2.41. The topological polar surface area (TPSA) is 35.8 Å². The molecule has 0 aromatic heterocycles. The summed E-state index contributed by atoms with van der Waals surface area (Å²) in [6.07, 6.45) is 2.30. The Morgan fingerprint density at radius 1 is 1.57 bits per heavy atom. The van der Waals surface area contributed by atoms with Crippen molar-refractivity contribution >= 4 is 5.69 Å². The summed E-state index contributed by atoms with van der Waals surface area (Å²) in [4.78, 5) is 0. The highest BCUT2D eigenvalue weighted by Crippen LogP contribution is 2.26. The summed E-state index contributed by atoms with van der Waals surface area (Å²) in [5.41, 5.74) is 3.26. The maximum absolute atomic E-state index is 8.79. The fraction of sp³-hybridized carbons (Fsp3) is 0.417. The third kappa shape index (κ3) is 1.58. The molecule has 0 saturated heterocycles. The van der Waals surface area contributed by atoms with Gasteiger partial charge in [-0.3, -0.25) is 0 Å². The van der Waals surface area contributed by atoms with Gasteiger partial charge in [0.05, 0.1) is 11.6 Å². The number of fused-ring (bicyclic) bond motifs is 1. The second-order valence-corrected chi connectivity index (χ2v) is 3.84. The molecule has 72 valence electrons. The van der Waals surface area contributed by atoms with E-state index < -0.39 is 0 Å². The Bertz CT molecular complexity index is 376. The van der Waals surface area contributed by atoms with Crippen LogP contribution < -0.4 is 5.32 Å². The predicted octanol–water partition coefficient (Wildman–Crippen LogP) is 2.55. The summed E-state index contributed by atoms with van der Waals surface area (Å²) in [6, 6.07) is 8.07. The maximum atomic E-state index is 8.79. The lowest BCUT2D eigenvalue weighted by atomic mass is 9.91. The van der Waals surface area contributed by atoms with Gasteiger partial charge in [-0.25, -0.2) is 0 Å². The molecule has 1 unspecified atom stereocenters. The third-order valence-corrected chi connectivity index (χ3v) is 2.90. The quantitative estimate of drug-likeness (QED) is 0.731. The Morgan fingerprint density at radius 3 is 3.14 bits per heavy atom. The maximum Gasteiger partial charge on any atom is 0.0991 e. The highest BCUT2D eigenvalue weighted by atomic mass is 14.9. The molecule has 14 heavy (non-hydrogen) atoms. The van der Waals surface area contributed by atoms with Crippen molar-refractivity contribution in [1.29, 1.82) is 5.26 Å². The average molecular weight is 186 g/mol. The van der Waals surface area contributed by atoms with E-state index in [0.29, 0.717) is 0 Å². The normalized spacial score (nSPS) is 19.3. The lowest BCUT2D eigenvalue weighted by Crippen LogP contribution is -2.22. The molecule has 1 aromatic carbocycles. The molecule has 1 aliphatic heterocycles. The van der Waals surface area contributed by atoms with Gasteiger partial charge in [0, 0.05) is 12.2 Å². The van der Waals surface area contributed by atoms with Gasteiger partial charge >= 0.3 is 0 Å². The van der Waals surface area contributed by atoms with Crippen molar-refractivity contribution in [2.45, 2.75) is 19.8 Å². The first-order chi connectivity index (χ1) is 6.83. The van der Waals surface area contributed by atoms with Crippen LogP contribution in [-0.2, 0) is 6.42 Å². The number of hydrogen-bond donors (Lipinski definition) is 1. The van der Waals surface area contributed by atoms with Gasteiger partial charge < -0.3 is 5.32 Å². The van der Waals surface area contributed by atoms with E-state index in [2.05, 4.69) is 18.3 Å². The summed E-state index contributed by atoms with van der Waals surface area (Å²) in [6.45, 7) is 3.28. The zero-order valence-corrected chi connectivity index (χ0v) is 8.38. The van der Waals surface area contributed by atoms with E-state index in [-0.39, 0.29) is 0 Å². The molecule has 2 rings (SSSR count). The molecule has 0 bridgehead atoms. The number of anilines is 1. The van der Waals surface area contributed by atoms with Crippen LogP contribution in [0.1, 0.15) is 24.5 Å². The second-order valence-electron chi connectivity index (χ2n) is 3.84. The van der Waals surface area contributed by atoms with E-state index in [0.717, 1.165) is 24.4 Å². The monoisotopic (exact) mass is 186 g/mol. The van der Waals surface area contributed by atoms with Crippen LogP contribution in [0.5, 0.6) is 0 Å². The van der Waals surface area contributed by atoms with Crippen LogP contribution in [0.25, 0.3) is 0 Å². The number of benzene rings is 1. The zero-order valence-electron chi connectivity index (χ0n) is 8.38. The van der Waals surface area contributed by atoms with Crippen molar-refractivity contribution in [3.8, 4) is 6.07 Å². The van der Waals surface area contributed by atoms with Gasteiger partial charge in [0.1, 0.15) is 0 Å². The Hall–Kier alpha value is -1.49. The fourth-order valence-electron chi connectivity index (χ4n) is 1.93. The van der Waals surface area contributed by atoms with Crippen LogP contribution in [0.3, 0.4) is 0 Å². The van der Waals surface area contributed by atoms with E-state index >= 15 is 0 Å². The highest BCUT2D eigenvalue weighted by molar-refractivity contribution is 5.56. The van der Waals surface area contributed by atoms with Crippen molar-refractivity contribution < 1.29 is 0 Å². The number of rotatable bonds is 1. The fourth-order valence-corrected chi connectivity index (χ4v) is 1.93. The van der Waals surface area contributed by atoms with E-state index in [1.807, 2.05) is 18.2 Å². The van der Waals surface area contributed by atoms with Crippen LogP contribution in [0.2, 0.25) is 0 Å². The number of nitrogens with one attached hydrogen (secondary N) is 1. The van der Waals surface area contributed by atoms with Crippen LogP contribution in [0.4, 0.5) is 5.69 Å². The molecule has 0 saturated carbocycles. The minimum atomic E-state index is 0.719. The summed E-state index contributed by atoms with van der Waals surface area (Å²) in [5.74, 6) is 0.719. The van der Waals surface area contributed by atoms with Gasteiger partial charge in [0.2, 0.25) is 0 Å². The molecule has 2 nitrogen and oxygen atoms in total. The van der Waals surface area contributed by atoms with Crippen molar-refractivity contribution in [2.75, 3.05) is 11.9 Å². The Balaban J connectivity index is 2.31. The van der Waals surface area contributed by atoms with Crippen molar-refractivity contribution in [3.63, 3.8) is 0 Å². The molecule has 0 aliphatic carbocycles. The molecular weight excluding hydrogens is 172 g/mol. The molecular formula is C12H14N2. The largest absolute Gasteiger partial charge is 0.385 e. The minimum Gasteiger partial charge on any atom is -0.385 e. The molecule has 1 aromatic rings. The molecule has 1 N–H and O–H groups in total. The van der Waals surface area contributed by atoms with Gasteiger partial charge in [0.25, 0.3) is 0 Å². The second kappa shape index (κ2) is 3.71. The Morgan fingerprint density at radius 2 is 2.43 bits per heavy atom. The molecule has 0 spiro atoms. The summed E-state index contributed by atoms with van der Waals surface area (Å²) >= 11 is 0. The molecule has 0 radical (unpaired) electrons. The summed E-state index contributed by atoms with van der Waals surface area (Å²) in [5, 5.41) is 12.2. The standard InChI is InChI=1S/C12H14N2/c1-2-9-5-11-6-10(7-13)3-4-12(11)14-8-9/h3-4,6,9,14H,2,5,8H2,1H3.